The maximum atomic E-state index is 14.0. The van der Waals surface area contributed by atoms with E-state index in [0.717, 1.165) is 17.2 Å². The Bertz CT molecular complexity index is 1610. The molecule has 0 spiro atoms. The fraction of sp³-hybridized carbons (Fsp3) is 0.367. The Hall–Kier alpha value is -4.52. The molecule has 224 valence electrons. The molecule has 2 fully saturated rings. The molecular formula is C30H29F3N6O4. The number of hydrogen-bond donors (Lipinski definition) is 3. The van der Waals surface area contributed by atoms with E-state index < -0.39 is 17.8 Å². The number of hydrogen-bond acceptors (Lipinski definition) is 7. The number of ether oxygens (including phenoxy) is 2. The molecule has 1 saturated carbocycles. The van der Waals surface area contributed by atoms with E-state index in [1.807, 2.05) is 19.2 Å². The van der Waals surface area contributed by atoms with E-state index in [-0.39, 0.29) is 35.3 Å². The Morgan fingerprint density at radius 2 is 1.91 bits per heavy atom. The number of anilines is 3. The second-order valence-corrected chi connectivity index (χ2v) is 11.2. The number of rotatable bonds is 5. The van der Waals surface area contributed by atoms with E-state index in [1.54, 1.807) is 23.2 Å². The monoisotopic (exact) mass is 594 g/mol. The van der Waals surface area contributed by atoms with Gasteiger partial charge in [-0.05, 0) is 55.9 Å². The third kappa shape index (κ3) is 5.29. The lowest BCUT2D eigenvalue weighted by Gasteiger charge is -2.35. The molecule has 3 aromatic rings. The summed E-state index contributed by atoms with van der Waals surface area (Å²) in [7, 11) is 1.94. The van der Waals surface area contributed by atoms with Gasteiger partial charge in [0, 0.05) is 61.3 Å². The van der Waals surface area contributed by atoms with E-state index in [2.05, 4.69) is 25.8 Å². The number of carbonyl (C=O) groups excluding carboxylic acids is 2. The van der Waals surface area contributed by atoms with Crippen LogP contribution in [0.5, 0.6) is 17.2 Å². The first-order valence-corrected chi connectivity index (χ1v) is 14.1. The van der Waals surface area contributed by atoms with E-state index in [0.29, 0.717) is 62.1 Å². The van der Waals surface area contributed by atoms with Crippen molar-refractivity contribution in [3.8, 4) is 17.2 Å². The average molecular weight is 595 g/mol. The Labute approximate surface area is 245 Å². The van der Waals surface area contributed by atoms with Gasteiger partial charge in [-0.15, -0.1) is 0 Å². The normalized spacial score (nSPS) is 22.5. The number of benzene rings is 2. The lowest BCUT2D eigenvalue weighted by Crippen LogP contribution is -2.45. The van der Waals surface area contributed by atoms with Crippen LogP contribution in [0.2, 0.25) is 0 Å². The maximum absolute atomic E-state index is 14.0. The van der Waals surface area contributed by atoms with E-state index in [4.69, 9.17) is 9.47 Å². The number of fused-ring (bicyclic) bond motifs is 4. The molecule has 4 aliphatic rings. The van der Waals surface area contributed by atoms with Crippen LogP contribution in [-0.4, -0.2) is 67.2 Å². The Morgan fingerprint density at radius 3 is 2.70 bits per heavy atom. The van der Waals surface area contributed by atoms with Gasteiger partial charge in [-0.25, -0.2) is 9.78 Å². The highest BCUT2D eigenvalue weighted by molar-refractivity contribution is 5.93. The van der Waals surface area contributed by atoms with Gasteiger partial charge in [0.25, 0.3) is 0 Å². The smallest absolute Gasteiger partial charge is 0.418 e. The highest BCUT2D eigenvalue weighted by atomic mass is 19.4. The molecule has 1 aromatic heterocycles. The molecule has 3 amide bonds. The summed E-state index contributed by atoms with van der Waals surface area (Å²) in [6.07, 6.45) is -2.40. The van der Waals surface area contributed by atoms with Crippen molar-refractivity contribution in [2.24, 2.45) is 0 Å². The summed E-state index contributed by atoms with van der Waals surface area (Å²) in [6, 6.07) is 10.2. The summed E-state index contributed by atoms with van der Waals surface area (Å²) >= 11 is 0. The van der Waals surface area contributed by atoms with Gasteiger partial charge in [0.15, 0.2) is 0 Å². The summed E-state index contributed by atoms with van der Waals surface area (Å²) in [5, 5.41) is 8.16. The molecule has 3 atom stereocenters. The van der Waals surface area contributed by atoms with Crippen LogP contribution in [0.25, 0.3) is 0 Å². The number of piperazine rings is 1. The minimum Gasteiger partial charge on any atom is -0.487 e. The fourth-order valence-corrected chi connectivity index (χ4v) is 6.04. The number of urea groups is 1. The summed E-state index contributed by atoms with van der Waals surface area (Å²) in [6.45, 7) is 2.34. The summed E-state index contributed by atoms with van der Waals surface area (Å²) in [5.74, 6) is 2.16. The molecule has 4 heterocycles. The van der Waals surface area contributed by atoms with Crippen LogP contribution < -0.4 is 30.3 Å². The largest absolute Gasteiger partial charge is 0.487 e. The fourth-order valence-electron chi connectivity index (χ4n) is 6.04. The standard InChI is InChI=1S/C30H29F3N6O4/c1-38-10-12-39(13-11-38)21-5-2-16(14-20(21)30(31,32)33)35-29(41)37-26-25-19-15-17(3-6-22(19)43-27(25)26)42-23-8-9-34-28-18(23)4-7-24(40)36-28/h2-3,5-6,8-9,14-15,25-27H,4,7,10-13H2,1H3,(H,34,36,40)(H2,35,37,41)/t25-,26-,27-/m0/s1. The number of halogens is 3. The minimum atomic E-state index is -4.57. The van der Waals surface area contributed by atoms with E-state index >= 15 is 0 Å². The number of likely N-dealkylation sites (N-methyl/N-ethyl adjacent to an activating group) is 1. The van der Waals surface area contributed by atoms with Crippen molar-refractivity contribution in [1.82, 2.24) is 15.2 Å². The van der Waals surface area contributed by atoms with Crippen molar-refractivity contribution in [2.45, 2.75) is 37.1 Å². The van der Waals surface area contributed by atoms with Crippen LogP contribution in [-0.2, 0) is 17.4 Å². The first kappa shape index (κ1) is 27.3. The second-order valence-electron chi connectivity index (χ2n) is 11.2. The molecule has 3 aliphatic heterocycles. The molecule has 13 heteroatoms. The van der Waals surface area contributed by atoms with Gasteiger partial charge in [-0.1, -0.05) is 0 Å². The van der Waals surface area contributed by atoms with Crippen molar-refractivity contribution in [3.63, 3.8) is 0 Å². The van der Waals surface area contributed by atoms with Crippen LogP contribution in [0.1, 0.15) is 29.0 Å². The molecule has 7 rings (SSSR count). The number of alkyl halides is 3. The molecule has 0 radical (unpaired) electrons. The van der Waals surface area contributed by atoms with Crippen LogP contribution >= 0.6 is 0 Å². The lowest BCUT2D eigenvalue weighted by molar-refractivity contribution is -0.137. The number of pyridine rings is 1. The topological polar surface area (TPSA) is 108 Å². The second kappa shape index (κ2) is 10.3. The zero-order valence-corrected chi connectivity index (χ0v) is 23.2. The van der Waals surface area contributed by atoms with Gasteiger partial charge >= 0.3 is 12.2 Å². The Kier molecular flexibility index (Phi) is 6.56. The van der Waals surface area contributed by atoms with E-state index in [1.165, 1.54) is 12.1 Å². The first-order valence-electron chi connectivity index (χ1n) is 14.1. The van der Waals surface area contributed by atoms with Crippen LogP contribution in [0.3, 0.4) is 0 Å². The SMILES string of the molecule is CN1CCN(c2ccc(NC(=O)N[C@@H]3[C@H]4Oc5ccc(Oc6ccnc7c6CCC(=O)N7)cc5[C@@H]34)cc2C(F)(F)F)CC1. The van der Waals surface area contributed by atoms with Gasteiger partial charge in [0.1, 0.15) is 29.2 Å². The summed E-state index contributed by atoms with van der Waals surface area (Å²) in [4.78, 5) is 32.6. The molecule has 10 nitrogen and oxygen atoms in total. The van der Waals surface area contributed by atoms with Gasteiger partial charge in [-0.2, -0.15) is 13.2 Å². The number of carbonyl (C=O) groups is 2. The number of nitrogens with one attached hydrogen (secondary N) is 3. The van der Waals surface area contributed by atoms with Gasteiger partial charge in [0.05, 0.1) is 17.5 Å². The van der Waals surface area contributed by atoms with E-state index in [9.17, 15) is 22.8 Å². The van der Waals surface area contributed by atoms with Gasteiger partial charge in [-0.3, -0.25) is 4.79 Å². The van der Waals surface area contributed by atoms with Crippen LogP contribution in [0, 0.1) is 0 Å². The van der Waals surface area contributed by atoms with Crippen LogP contribution in [0.4, 0.5) is 35.2 Å². The zero-order chi connectivity index (χ0) is 29.9. The Balaban J connectivity index is 1.02. The third-order valence-electron chi connectivity index (χ3n) is 8.36. The van der Waals surface area contributed by atoms with Crippen molar-refractivity contribution in [3.05, 3.63) is 65.4 Å². The van der Waals surface area contributed by atoms with Gasteiger partial charge < -0.3 is 35.2 Å². The minimum absolute atomic E-state index is 0.0578. The first-order chi connectivity index (χ1) is 20.6. The van der Waals surface area contributed by atoms with Crippen molar-refractivity contribution in [1.29, 1.82) is 0 Å². The van der Waals surface area contributed by atoms with Gasteiger partial charge in [0.2, 0.25) is 5.91 Å². The third-order valence-corrected chi connectivity index (χ3v) is 8.36. The number of amides is 3. The molecule has 3 N–H and O–H groups in total. The average Bonchev–Trinajstić information content (AvgIpc) is 3.48. The highest BCUT2D eigenvalue weighted by Gasteiger charge is 2.59. The Morgan fingerprint density at radius 1 is 1.09 bits per heavy atom. The predicted molar refractivity (Wildman–Crippen MR) is 152 cm³/mol. The van der Waals surface area contributed by atoms with Crippen LogP contribution in [0.15, 0.2) is 48.7 Å². The molecule has 0 bridgehead atoms. The molecule has 2 aromatic carbocycles. The quantitative estimate of drug-likeness (QED) is 0.397. The molecule has 0 unspecified atom stereocenters. The highest BCUT2D eigenvalue weighted by Crippen LogP contribution is 2.54. The molecule has 43 heavy (non-hydrogen) atoms. The number of aromatic nitrogens is 1. The number of nitrogens with zero attached hydrogens (tertiary/aromatic N) is 3. The molecule has 1 aliphatic carbocycles. The lowest BCUT2D eigenvalue weighted by atomic mass is 10.1. The molecular weight excluding hydrogens is 565 g/mol. The summed E-state index contributed by atoms with van der Waals surface area (Å²) in [5.41, 5.74) is 1.09. The predicted octanol–water partition coefficient (Wildman–Crippen LogP) is 4.58. The van der Waals surface area contributed by atoms with Crippen molar-refractivity contribution in [2.75, 3.05) is 48.8 Å². The van der Waals surface area contributed by atoms with Crippen molar-refractivity contribution >= 4 is 29.1 Å². The molecule has 1 saturated heterocycles. The maximum Gasteiger partial charge on any atom is 0.418 e. The summed E-state index contributed by atoms with van der Waals surface area (Å²) < 4.78 is 54.1. The zero-order valence-electron chi connectivity index (χ0n) is 23.2. The van der Waals surface area contributed by atoms with Crippen molar-refractivity contribution < 1.29 is 32.2 Å².